The minimum absolute atomic E-state index is 0.485. The summed E-state index contributed by atoms with van der Waals surface area (Å²) in [7, 11) is 0. The fraction of sp³-hybridized carbons (Fsp3) is 0.125. The molecule has 1 aliphatic rings. The molecule has 0 aliphatic heterocycles. The number of allylic oxidation sites excluding steroid dienone is 4. The van der Waals surface area contributed by atoms with Crippen LogP contribution < -0.4 is 0 Å². The van der Waals surface area contributed by atoms with Crippen LogP contribution in [-0.4, -0.2) is 0 Å². The van der Waals surface area contributed by atoms with Gasteiger partial charge in [0.05, 0.1) is 0 Å². The van der Waals surface area contributed by atoms with Gasteiger partial charge in [-0.3, -0.25) is 0 Å². The Morgan fingerprint density at radius 3 is 2.80 bits per heavy atom. The van der Waals surface area contributed by atoms with E-state index in [4.69, 9.17) is 0 Å². The van der Waals surface area contributed by atoms with Crippen molar-refractivity contribution < 1.29 is 0 Å². The predicted octanol–water partition coefficient (Wildman–Crippen LogP) is 2.31. The number of hydrogen-bond acceptors (Lipinski definition) is 2. The standard InChI is InChI=1S/C8H7NO/c1-2-7-3-5-8(9-10)6-4-7/h3,5-6H,1,4H2. The second-order valence-corrected chi connectivity index (χ2v) is 1.96. The lowest BCUT2D eigenvalue weighted by molar-refractivity contribution is 1.20. The Morgan fingerprint density at radius 2 is 2.40 bits per heavy atom. The van der Waals surface area contributed by atoms with E-state index in [1.807, 2.05) is 0 Å². The van der Waals surface area contributed by atoms with Crippen LogP contribution in [0, 0.1) is 4.91 Å². The summed E-state index contributed by atoms with van der Waals surface area (Å²) in [6, 6.07) is 0. The summed E-state index contributed by atoms with van der Waals surface area (Å²) in [6.07, 6.45) is 5.91. The van der Waals surface area contributed by atoms with Crippen LogP contribution in [0.4, 0.5) is 0 Å². The lowest BCUT2D eigenvalue weighted by Gasteiger charge is -1.98. The predicted molar refractivity (Wildman–Crippen MR) is 40.3 cm³/mol. The molecular weight excluding hydrogens is 126 g/mol. The maximum Gasteiger partial charge on any atom is 0.104 e. The molecule has 1 rings (SSSR count). The summed E-state index contributed by atoms with van der Waals surface area (Å²) in [4.78, 5) is 9.94. The zero-order chi connectivity index (χ0) is 7.40. The van der Waals surface area contributed by atoms with E-state index in [9.17, 15) is 4.91 Å². The van der Waals surface area contributed by atoms with Gasteiger partial charge in [0.1, 0.15) is 5.70 Å². The van der Waals surface area contributed by atoms with Crippen LogP contribution in [-0.2, 0) is 0 Å². The fourth-order valence-corrected chi connectivity index (χ4v) is 0.735. The first-order valence-corrected chi connectivity index (χ1v) is 2.97. The van der Waals surface area contributed by atoms with Gasteiger partial charge in [-0.15, -0.1) is 10.6 Å². The van der Waals surface area contributed by atoms with E-state index < -0.39 is 0 Å². The smallest absolute Gasteiger partial charge is 0.104 e. The van der Waals surface area contributed by atoms with Crippen LogP contribution in [0.3, 0.4) is 0 Å². The molecule has 0 heterocycles. The minimum Gasteiger partial charge on any atom is -0.145 e. The number of nitroso groups, excluding NO2 is 1. The fourth-order valence-electron chi connectivity index (χ4n) is 0.735. The number of nitrogens with zero attached hydrogens (tertiary/aromatic N) is 1. The lowest BCUT2D eigenvalue weighted by atomic mass is 10.1. The van der Waals surface area contributed by atoms with Gasteiger partial charge in [-0.2, -0.15) is 0 Å². The summed E-state index contributed by atoms with van der Waals surface area (Å²) in [5, 5.41) is 2.78. The summed E-state index contributed by atoms with van der Waals surface area (Å²) in [5.74, 6) is 0. The topological polar surface area (TPSA) is 29.4 Å². The average Bonchev–Trinajstić information content (AvgIpc) is 2.05. The van der Waals surface area contributed by atoms with Crippen molar-refractivity contribution in [2.75, 3.05) is 0 Å². The molecule has 0 saturated heterocycles. The van der Waals surface area contributed by atoms with Crippen molar-refractivity contribution in [3.8, 4) is 0 Å². The number of hydrogen-bond donors (Lipinski definition) is 0. The Balaban J connectivity index is 2.81. The molecule has 0 aromatic carbocycles. The molecule has 0 bridgehead atoms. The van der Waals surface area contributed by atoms with Crippen molar-refractivity contribution in [2.24, 2.45) is 5.18 Å². The lowest BCUT2D eigenvalue weighted by Crippen LogP contribution is -1.82. The van der Waals surface area contributed by atoms with E-state index >= 15 is 0 Å². The van der Waals surface area contributed by atoms with Gasteiger partial charge >= 0.3 is 0 Å². The van der Waals surface area contributed by atoms with Gasteiger partial charge in [-0.05, 0) is 22.9 Å². The van der Waals surface area contributed by atoms with Gasteiger partial charge in [0, 0.05) is 6.42 Å². The third-order valence-corrected chi connectivity index (χ3v) is 1.32. The Morgan fingerprint density at radius 1 is 1.60 bits per heavy atom. The van der Waals surface area contributed by atoms with E-state index in [1.54, 1.807) is 18.2 Å². The summed E-state index contributed by atoms with van der Waals surface area (Å²) in [6.45, 7) is 3.48. The summed E-state index contributed by atoms with van der Waals surface area (Å²) in [5.41, 5.74) is 4.22. The van der Waals surface area contributed by atoms with E-state index in [2.05, 4.69) is 17.5 Å². The molecule has 2 nitrogen and oxygen atoms in total. The zero-order valence-electron chi connectivity index (χ0n) is 5.50. The molecule has 0 N–H and O–H groups in total. The van der Waals surface area contributed by atoms with Crippen molar-refractivity contribution in [3.05, 3.63) is 46.7 Å². The molecule has 0 unspecified atom stereocenters. The monoisotopic (exact) mass is 133 g/mol. The molecule has 1 aliphatic carbocycles. The first kappa shape index (κ1) is 6.72. The highest BCUT2D eigenvalue weighted by molar-refractivity contribution is 5.33. The van der Waals surface area contributed by atoms with Crippen LogP contribution >= 0.6 is 0 Å². The van der Waals surface area contributed by atoms with Gasteiger partial charge in [-0.25, -0.2) is 0 Å². The van der Waals surface area contributed by atoms with Crippen LogP contribution in [0.5, 0.6) is 0 Å². The molecule has 0 aromatic heterocycles. The molecule has 0 fully saturated rings. The van der Waals surface area contributed by atoms with Gasteiger partial charge < -0.3 is 0 Å². The second-order valence-electron chi connectivity index (χ2n) is 1.96. The molecule has 0 radical (unpaired) electrons. The highest BCUT2D eigenvalue weighted by Crippen LogP contribution is 2.14. The molecule has 50 valence electrons. The molecule has 0 spiro atoms. The Hall–Kier alpha value is -1.40. The van der Waals surface area contributed by atoms with Crippen molar-refractivity contribution in [2.45, 2.75) is 6.42 Å². The maximum absolute atomic E-state index is 9.94. The molecule has 0 atom stereocenters. The zero-order valence-corrected chi connectivity index (χ0v) is 5.50. The van der Waals surface area contributed by atoms with Gasteiger partial charge in [0.15, 0.2) is 0 Å². The Kier molecular flexibility index (Phi) is 1.98. The van der Waals surface area contributed by atoms with Gasteiger partial charge in [0.2, 0.25) is 0 Å². The maximum atomic E-state index is 9.94. The van der Waals surface area contributed by atoms with Crippen LogP contribution in [0.15, 0.2) is 47.0 Å². The molecule has 0 aromatic rings. The number of rotatable bonds is 1. The molecule has 10 heavy (non-hydrogen) atoms. The van der Waals surface area contributed by atoms with Crippen molar-refractivity contribution >= 4 is 0 Å². The van der Waals surface area contributed by atoms with E-state index in [0.29, 0.717) is 12.1 Å². The van der Waals surface area contributed by atoms with Crippen molar-refractivity contribution in [3.63, 3.8) is 0 Å². The van der Waals surface area contributed by atoms with Crippen LogP contribution in [0.2, 0.25) is 0 Å². The van der Waals surface area contributed by atoms with Gasteiger partial charge in [-0.1, -0.05) is 12.7 Å². The SMILES string of the molecule is C=C=C1C=CC(N=O)=CC1. The van der Waals surface area contributed by atoms with Crippen molar-refractivity contribution in [1.29, 1.82) is 0 Å². The highest BCUT2D eigenvalue weighted by atomic mass is 16.3. The molecule has 0 amide bonds. The first-order valence-electron chi connectivity index (χ1n) is 2.97. The first-order chi connectivity index (χ1) is 4.86. The highest BCUT2D eigenvalue weighted by Gasteiger charge is 1.98. The Labute approximate surface area is 59.2 Å². The molecular formula is C8H7NO. The van der Waals surface area contributed by atoms with Crippen LogP contribution in [0.1, 0.15) is 6.42 Å². The van der Waals surface area contributed by atoms with E-state index in [1.165, 1.54) is 0 Å². The van der Waals surface area contributed by atoms with Gasteiger partial charge in [0.25, 0.3) is 0 Å². The third-order valence-electron chi connectivity index (χ3n) is 1.32. The normalized spacial score (nSPS) is 16.0. The quantitative estimate of drug-likeness (QED) is 0.398. The largest absolute Gasteiger partial charge is 0.145 e. The summed E-state index contributed by atoms with van der Waals surface area (Å²) >= 11 is 0. The van der Waals surface area contributed by atoms with Crippen molar-refractivity contribution in [1.82, 2.24) is 0 Å². The van der Waals surface area contributed by atoms with E-state index in [-0.39, 0.29) is 0 Å². The summed E-state index contributed by atoms with van der Waals surface area (Å²) < 4.78 is 0. The minimum atomic E-state index is 0.485. The molecule has 2 heteroatoms. The van der Waals surface area contributed by atoms with E-state index in [0.717, 1.165) is 5.57 Å². The average molecular weight is 133 g/mol. The Bertz CT molecular complexity index is 254. The van der Waals surface area contributed by atoms with Crippen LogP contribution in [0.25, 0.3) is 0 Å². The second kappa shape index (κ2) is 2.95. The third kappa shape index (κ3) is 1.30. The molecule has 0 saturated carbocycles.